The molecule has 9 heavy (non-hydrogen) atoms. The van der Waals surface area contributed by atoms with Crippen LogP contribution in [0.25, 0.3) is 0 Å². The van der Waals surface area contributed by atoms with Gasteiger partial charge >= 0.3 is 0 Å². The van der Waals surface area contributed by atoms with E-state index in [1.807, 2.05) is 0 Å². The fraction of sp³-hybridized carbons (Fsp3) is 0.333. The lowest BCUT2D eigenvalue weighted by Crippen LogP contribution is -2.25. The highest BCUT2D eigenvalue weighted by atomic mass is 35.5. The van der Waals surface area contributed by atoms with Crippen molar-refractivity contribution >= 4 is 35.1 Å². The van der Waals surface area contributed by atoms with Gasteiger partial charge in [-0.05, 0) is 0 Å². The van der Waals surface area contributed by atoms with Crippen molar-refractivity contribution in [1.82, 2.24) is 0 Å². The van der Waals surface area contributed by atoms with Crippen molar-refractivity contribution < 1.29 is 4.79 Å². The summed E-state index contributed by atoms with van der Waals surface area (Å²) in [6.45, 7) is 0. The van der Waals surface area contributed by atoms with Gasteiger partial charge in [0.25, 0.3) is 5.91 Å². The molecule has 6 heteroatoms. The molecule has 0 aromatic heterocycles. The van der Waals surface area contributed by atoms with Crippen LogP contribution in [0.2, 0.25) is 0 Å². The van der Waals surface area contributed by atoms with Gasteiger partial charge in [0.2, 0.25) is 0 Å². The number of alkyl halides is 2. The summed E-state index contributed by atoms with van der Waals surface area (Å²) in [6, 6.07) is 0. The number of amides is 1. The Morgan fingerprint density at radius 1 is 1.44 bits per heavy atom. The third-order valence-corrected chi connectivity index (χ3v) is 0.799. The van der Waals surface area contributed by atoms with Crippen LogP contribution in [0.3, 0.4) is 0 Å². The van der Waals surface area contributed by atoms with Crippen molar-refractivity contribution in [2.24, 2.45) is 16.5 Å². The van der Waals surface area contributed by atoms with Crippen LogP contribution in [0.15, 0.2) is 4.99 Å². The zero-order chi connectivity index (χ0) is 7.44. The Morgan fingerprint density at radius 3 is 2.00 bits per heavy atom. The summed E-state index contributed by atoms with van der Waals surface area (Å²) in [6.07, 6.45) is 0. The van der Waals surface area contributed by atoms with E-state index in [1.165, 1.54) is 0 Å². The lowest BCUT2D eigenvalue weighted by atomic mass is 10.7. The number of guanidine groups is 1. The molecule has 1 amide bonds. The fourth-order valence-corrected chi connectivity index (χ4v) is 0.274. The molecule has 0 unspecified atom stereocenters. The normalized spacial score (nSPS) is 9.22. The monoisotopic (exact) mass is 169 g/mol. The van der Waals surface area contributed by atoms with E-state index >= 15 is 0 Å². The molecule has 0 rings (SSSR count). The van der Waals surface area contributed by atoms with Crippen molar-refractivity contribution in [3.05, 3.63) is 0 Å². The minimum absolute atomic E-state index is 0.341. The number of hydrogen-bond donors (Lipinski definition) is 2. The molecule has 0 aromatic rings. The predicted octanol–water partition coefficient (Wildman–Crippen LogP) is -0.410. The molecular weight excluding hydrogens is 165 g/mol. The summed E-state index contributed by atoms with van der Waals surface area (Å²) in [5.41, 5.74) is 9.64. The Balaban J connectivity index is 3.93. The van der Waals surface area contributed by atoms with Crippen molar-refractivity contribution in [1.29, 1.82) is 0 Å². The molecule has 4 nitrogen and oxygen atoms in total. The predicted molar refractivity (Wildman–Crippen MR) is 36.3 cm³/mol. The highest BCUT2D eigenvalue weighted by Gasteiger charge is 2.08. The van der Waals surface area contributed by atoms with E-state index in [4.69, 9.17) is 34.7 Å². The van der Waals surface area contributed by atoms with Crippen molar-refractivity contribution in [3.8, 4) is 0 Å². The first kappa shape index (κ1) is 8.52. The number of halogens is 2. The lowest BCUT2D eigenvalue weighted by Gasteiger charge is -1.91. The van der Waals surface area contributed by atoms with Gasteiger partial charge in [-0.25, -0.2) is 0 Å². The second-order valence-electron chi connectivity index (χ2n) is 1.18. The second-order valence-corrected chi connectivity index (χ2v) is 2.27. The Labute approximate surface area is 61.8 Å². The van der Waals surface area contributed by atoms with Gasteiger partial charge in [-0.2, -0.15) is 4.99 Å². The molecule has 0 radical (unpaired) electrons. The second kappa shape index (κ2) is 3.53. The van der Waals surface area contributed by atoms with Gasteiger partial charge in [0, 0.05) is 0 Å². The van der Waals surface area contributed by atoms with E-state index in [0.717, 1.165) is 0 Å². The SMILES string of the molecule is NC(N)=NC(=O)C(Cl)Cl. The first-order valence-corrected chi connectivity index (χ1v) is 2.83. The molecule has 0 atom stereocenters. The van der Waals surface area contributed by atoms with E-state index < -0.39 is 10.7 Å². The topological polar surface area (TPSA) is 81.5 Å². The fourth-order valence-electron chi connectivity index (χ4n) is 0.176. The smallest absolute Gasteiger partial charge is 0.282 e. The minimum atomic E-state index is -1.19. The summed E-state index contributed by atoms with van der Waals surface area (Å²) in [5, 5.41) is 0. The molecule has 0 aliphatic heterocycles. The zero-order valence-electron chi connectivity index (χ0n) is 4.34. The number of nitrogens with zero attached hydrogens (tertiary/aromatic N) is 1. The van der Waals surface area contributed by atoms with Gasteiger partial charge in [0.15, 0.2) is 10.8 Å². The molecule has 0 spiro atoms. The molecule has 0 heterocycles. The molecule has 0 fully saturated rings. The Hall–Kier alpha value is -0.480. The van der Waals surface area contributed by atoms with E-state index in [2.05, 4.69) is 4.99 Å². The zero-order valence-corrected chi connectivity index (χ0v) is 5.86. The molecule has 0 aromatic carbocycles. The summed E-state index contributed by atoms with van der Waals surface area (Å²) in [5.74, 6) is -1.09. The van der Waals surface area contributed by atoms with Gasteiger partial charge in [0.05, 0.1) is 0 Å². The van der Waals surface area contributed by atoms with Crippen LogP contribution in [0.4, 0.5) is 0 Å². The maximum absolute atomic E-state index is 10.3. The van der Waals surface area contributed by atoms with E-state index in [0.29, 0.717) is 0 Å². The first-order valence-electron chi connectivity index (χ1n) is 1.95. The van der Waals surface area contributed by atoms with Crippen LogP contribution >= 0.6 is 23.2 Å². The molecule has 0 aliphatic rings. The van der Waals surface area contributed by atoms with E-state index in [1.54, 1.807) is 0 Å². The molecule has 0 aliphatic carbocycles. The number of aliphatic imine (C=N–C) groups is 1. The van der Waals surface area contributed by atoms with E-state index in [-0.39, 0.29) is 5.96 Å². The van der Waals surface area contributed by atoms with Crippen molar-refractivity contribution in [2.75, 3.05) is 0 Å². The van der Waals surface area contributed by atoms with Crippen LogP contribution in [0.5, 0.6) is 0 Å². The first-order chi connectivity index (χ1) is 4.04. The molecule has 0 saturated heterocycles. The third-order valence-electron chi connectivity index (χ3n) is 0.426. The largest absolute Gasteiger partial charge is 0.370 e. The summed E-state index contributed by atoms with van der Waals surface area (Å²) < 4.78 is 0. The van der Waals surface area contributed by atoms with Gasteiger partial charge in [-0.15, -0.1) is 0 Å². The number of hydrogen-bond acceptors (Lipinski definition) is 1. The Bertz CT molecular complexity index is 140. The maximum atomic E-state index is 10.3. The average Bonchev–Trinajstić information content (AvgIpc) is 1.63. The Morgan fingerprint density at radius 2 is 1.89 bits per heavy atom. The van der Waals surface area contributed by atoms with Crippen LogP contribution in [0.1, 0.15) is 0 Å². The third kappa shape index (κ3) is 4.05. The maximum Gasteiger partial charge on any atom is 0.282 e. The summed E-state index contributed by atoms with van der Waals surface area (Å²) >= 11 is 10.1. The molecule has 52 valence electrons. The quantitative estimate of drug-likeness (QED) is 0.318. The van der Waals surface area contributed by atoms with E-state index in [9.17, 15) is 4.79 Å². The van der Waals surface area contributed by atoms with Crippen molar-refractivity contribution in [3.63, 3.8) is 0 Å². The molecular formula is C3H5Cl2N3O. The molecule has 4 N–H and O–H groups in total. The molecule has 0 saturated carbocycles. The van der Waals surface area contributed by atoms with Crippen LogP contribution in [-0.2, 0) is 4.79 Å². The van der Waals surface area contributed by atoms with Crippen LogP contribution in [-0.4, -0.2) is 16.7 Å². The average molecular weight is 170 g/mol. The summed E-state index contributed by atoms with van der Waals surface area (Å²) in [7, 11) is 0. The highest BCUT2D eigenvalue weighted by Crippen LogP contribution is 2.02. The lowest BCUT2D eigenvalue weighted by molar-refractivity contribution is -0.116. The van der Waals surface area contributed by atoms with Gasteiger partial charge in [-0.3, -0.25) is 4.79 Å². The standard InChI is InChI=1S/C3H5Cl2N3O/c4-1(5)2(9)8-3(6)7/h1H,(H4,6,7,8,9). The Kier molecular flexibility index (Phi) is 3.34. The number of carbonyl (C=O) groups excluding carboxylic acids is 1. The number of carbonyl (C=O) groups is 1. The number of rotatable bonds is 1. The van der Waals surface area contributed by atoms with Gasteiger partial charge in [0.1, 0.15) is 0 Å². The molecule has 0 bridgehead atoms. The summed E-state index contributed by atoms with van der Waals surface area (Å²) in [4.78, 5) is 12.2. The minimum Gasteiger partial charge on any atom is -0.370 e. The van der Waals surface area contributed by atoms with Crippen molar-refractivity contribution in [2.45, 2.75) is 4.84 Å². The number of nitrogens with two attached hydrogens (primary N) is 2. The highest BCUT2D eigenvalue weighted by molar-refractivity contribution is 6.53. The van der Waals surface area contributed by atoms with Gasteiger partial charge < -0.3 is 11.5 Å². The van der Waals surface area contributed by atoms with Crippen LogP contribution < -0.4 is 11.5 Å². The van der Waals surface area contributed by atoms with Crippen LogP contribution in [0, 0.1) is 0 Å². The van der Waals surface area contributed by atoms with Gasteiger partial charge in [-0.1, -0.05) is 23.2 Å².